The summed E-state index contributed by atoms with van der Waals surface area (Å²) >= 11 is 5.99. The molecule has 4 nitrogen and oxygen atoms in total. The van der Waals surface area contributed by atoms with Crippen molar-refractivity contribution in [1.82, 2.24) is 0 Å². The maximum absolute atomic E-state index is 12.4. The first-order valence-corrected chi connectivity index (χ1v) is 8.91. The molecule has 3 rings (SSSR count). The largest absolute Gasteiger partial charge is 0.495 e. The lowest BCUT2D eigenvalue weighted by molar-refractivity contribution is -0.122. The van der Waals surface area contributed by atoms with E-state index >= 15 is 0 Å². The van der Waals surface area contributed by atoms with E-state index in [1.54, 1.807) is 25.1 Å². The minimum absolute atomic E-state index is 0.289. The minimum atomic E-state index is -0.684. The zero-order chi connectivity index (χ0) is 19.2. The highest BCUT2D eigenvalue weighted by Crippen LogP contribution is 2.28. The standard InChI is InChI=1S/C22H20ClNO3/c1-15(22(25)24-20-14-18(23)10-13-21(20)26-2)27-19-11-8-17(9-12-19)16-6-4-3-5-7-16/h3-15H,1-2H3,(H,24,25). The number of anilines is 1. The molecule has 0 aliphatic rings. The summed E-state index contributed by atoms with van der Waals surface area (Å²) in [7, 11) is 1.53. The van der Waals surface area contributed by atoms with Gasteiger partial charge in [0, 0.05) is 5.02 Å². The fourth-order valence-electron chi connectivity index (χ4n) is 2.63. The van der Waals surface area contributed by atoms with E-state index in [1.165, 1.54) is 7.11 Å². The van der Waals surface area contributed by atoms with Gasteiger partial charge in [-0.3, -0.25) is 4.79 Å². The molecule has 1 N–H and O–H groups in total. The maximum atomic E-state index is 12.4. The Labute approximate surface area is 163 Å². The molecule has 0 aliphatic carbocycles. The van der Waals surface area contributed by atoms with Crippen LogP contribution in [0.15, 0.2) is 72.8 Å². The number of nitrogens with one attached hydrogen (secondary N) is 1. The molecule has 0 saturated carbocycles. The first-order valence-electron chi connectivity index (χ1n) is 8.53. The number of halogens is 1. The van der Waals surface area contributed by atoms with Crippen LogP contribution in [0, 0.1) is 0 Å². The van der Waals surface area contributed by atoms with Crippen molar-refractivity contribution in [2.45, 2.75) is 13.0 Å². The second-order valence-corrected chi connectivity index (χ2v) is 6.42. The van der Waals surface area contributed by atoms with Crippen LogP contribution in [0.25, 0.3) is 11.1 Å². The highest BCUT2D eigenvalue weighted by Gasteiger charge is 2.17. The van der Waals surface area contributed by atoms with Crippen molar-refractivity contribution in [3.8, 4) is 22.6 Å². The number of hydrogen-bond donors (Lipinski definition) is 1. The Kier molecular flexibility index (Phi) is 5.99. The van der Waals surface area contributed by atoms with Gasteiger partial charge in [-0.1, -0.05) is 54.1 Å². The SMILES string of the molecule is COc1ccc(Cl)cc1NC(=O)C(C)Oc1ccc(-c2ccccc2)cc1. The number of ether oxygens (including phenoxy) is 2. The van der Waals surface area contributed by atoms with Crippen LogP contribution in [0.5, 0.6) is 11.5 Å². The van der Waals surface area contributed by atoms with Crippen molar-refractivity contribution >= 4 is 23.2 Å². The van der Waals surface area contributed by atoms with Crippen LogP contribution in [0.2, 0.25) is 5.02 Å². The zero-order valence-corrected chi connectivity index (χ0v) is 15.9. The molecule has 0 fully saturated rings. The fraction of sp³-hybridized carbons (Fsp3) is 0.136. The number of amides is 1. The van der Waals surface area contributed by atoms with Crippen molar-refractivity contribution in [2.24, 2.45) is 0 Å². The number of hydrogen-bond acceptors (Lipinski definition) is 3. The maximum Gasteiger partial charge on any atom is 0.265 e. The van der Waals surface area contributed by atoms with Gasteiger partial charge in [0.25, 0.3) is 5.91 Å². The molecule has 0 aliphatic heterocycles. The fourth-order valence-corrected chi connectivity index (χ4v) is 2.80. The van der Waals surface area contributed by atoms with Crippen LogP contribution < -0.4 is 14.8 Å². The number of carbonyl (C=O) groups excluding carboxylic acids is 1. The Hall–Kier alpha value is -2.98. The zero-order valence-electron chi connectivity index (χ0n) is 15.1. The molecule has 1 amide bonds. The molecule has 1 atom stereocenters. The van der Waals surface area contributed by atoms with Gasteiger partial charge in [-0.25, -0.2) is 0 Å². The van der Waals surface area contributed by atoms with Crippen molar-refractivity contribution in [1.29, 1.82) is 0 Å². The van der Waals surface area contributed by atoms with E-state index in [0.29, 0.717) is 22.2 Å². The van der Waals surface area contributed by atoms with E-state index in [-0.39, 0.29) is 5.91 Å². The highest BCUT2D eigenvalue weighted by molar-refractivity contribution is 6.31. The first-order chi connectivity index (χ1) is 13.1. The third-order valence-corrected chi connectivity index (χ3v) is 4.30. The first kappa shape index (κ1) is 18.8. The second-order valence-electron chi connectivity index (χ2n) is 5.98. The number of carbonyl (C=O) groups is 1. The molecule has 0 saturated heterocycles. The van der Waals surface area contributed by atoms with Gasteiger partial charge in [0.15, 0.2) is 6.10 Å². The molecule has 3 aromatic carbocycles. The Morgan fingerprint density at radius 2 is 1.63 bits per heavy atom. The summed E-state index contributed by atoms with van der Waals surface area (Å²) in [4.78, 5) is 12.4. The average molecular weight is 382 g/mol. The van der Waals surface area contributed by atoms with Crippen molar-refractivity contribution < 1.29 is 14.3 Å². The summed E-state index contributed by atoms with van der Waals surface area (Å²) in [6.07, 6.45) is -0.684. The van der Waals surface area contributed by atoms with E-state index in [1.807, 2.05) is 54.6 Å². The monoisotopic (exact) mass is 381 g/mol. The summed E-state index contributed by atoms with van der Waals surface area (Å²) in [6.45, 7) is 1.69. The molecule has 3 aromatic rings. The smallest absolute Gasteiger partial charge is 0.265 e. The molecule has 5 heteroatoms. The Morgan fingerprint density at radius 1 is 0.963 bits per heavy atom. The molecular weight excluding hydrogens is 362 g/mol. The lowest BCUT2D eigenvalue weighted by Gasteiger charge is -2.16. The highest BCUT2D eigenvalue weighted by atomic mass is 35.5. The van der Waals surface area contributed by atoms with Crippen molar-refractivity contribution in [3.63, 3.8) is 0 Å². The van der Waals surface area contributed by atoms with Gasteiger partial charge in [0.2, 0.25) is 0 Å². The van der Waals surface area contributed by atoms with Gasteiger partial charge < -0.3 is 14.8 Å². The molecule has 0 bridgehead atoms. The average Bonchev–Trinajstić information content (AvgIpc) is 2.69. The van der Waals surface area contributed by atoms with E-state index in [2.05, 4.69) is 5.32 Å². The van der Waals surface area contributed by atoms with Crippen LogP contribution >= 0.6 is 11.6 Å². The minimum Gasteiger partial charge on any atom is -0.495 e. The summed E-state index contributed by atoms with van der Waals surface area (Å²) in [5.74, 6) is 0.866. The Bertz CT molecular complexity index is 911. The van der Waals surface area contributed by atoms with Crippen LogP contribution in [-0.4, -0.2) is 19.1 Å². The number of methoxy groups -OCH3 is 1. The molecule has 1 unspecified atom stereocenters. The van der Waals surface area contributed by atoms with Gasteiger partial charge in [-0.2, -0.15) is 0 Å². The normalized spacial score (nSPS) is 11.5. The van der Waals surface area contributed by atoms with Gasteiger partial charge in [-0.15, -0.1) is 0 Å². The molecular formula is C22H20ClNO3. The number of rotatable bonds is 6. The molecule has 27 heavy (non-hydrogen) atoms. The Morgan fingerprint density at radius 3 is 2.30 bits per heavy atom. The predicted molar refractivity (Wildman–Crippen MR) is 109 cm³/mol. The Balaban J connectivity index is 1.65. The van der Waals surface area contributed by atoms with E-state index in [0.717, 1.165) is 11.1 Å². The number of benzene rings is 3. The predicted octanol–water partition coefficient (Wildman–Crippen LogP) is 5.42. The molecule has 0 heterocycles. The molecule has 138 valence electrons. The molecule has 0 spiro atoms. The lowest BCUT2D eigenvalue weighted by atomic mass is 10.1. The summed E-state index contributed by atoms with van der Waals surface area (Å²) in [6, 6.07) is 22.7. The third-order valence-electron chi connectivity index (χ3n) is 4.06. The topological polar surface area (TPSA) is 47.6 Å². The van der Waals surface area contributed by atoms with Gasteiger partial charge in [0.1, 0.15) is 11.5 Å². The molecule has 0 radical (unpaired) electrons. The summed E-state index contributed by atoms with van der Waals surface area (Å²) in [5, 5.41) is 3.30. The van der Waals surface area contributed by atoms with Crippen LogP contribution in [0.1, 0.15) is 6.92 Å². The van der Waals surface area contributed by atoms with Gasteiger partial charge in [0.05, 0.1) is 12.8 Å². The second kappa shape index (κ2) is 8.60. The van der Waals surface area contributed by atoms with Crippen LogP contribution in [-0.2, 0) is 4.79 Å². The summed E-state index contributed by atoms with van der Waals surface area (Å²) in [5.41, 5.74) is 2.72. The van der Waals surface area contributed by atoms with Crippen molar-refractivity contribution in [2.75, 3.05) is 12.4 Å². The lowest BCUT2D eigenvalue weighted by Crippen LogP contribution is -2.30. The van der Waals surface area contributed by atoms with E-state index in [9.17, 15) is 4.79 Å². The van der Waals surface area contributed by atoms with Crippen LogP contribution in [0.4, 0.5) is 5.69 Å². The summed E-state index contributed by atoms with van der Waals surface area (Å²) < 4.78 is 11.0. The van der Waals surface area contributed by atoms with Crippen LogP contribution in [0.3, 0.4) is 0 Å². The van der Waals surface area contributed by atoms with Gasteiger partial charge >= 0.3 is 0 Å². The van der Waals surface area contributed by atoms with Gasteiger partial charge in [-0.05, 0) is 48.4 Å². The van der Waals surface area contributed by atoms with E-state index in [4.69, 9.17) is 21.1 Å². The van der Waals surface area contributed by atoms with E-state index < -0.39 is 6.10 Å². The van der Waals surface area contributed by atoms with Crippen molar-refractivity contribution in [3.05, 3.63) is 77.8 Å². The quantitative estimate of drug-likeness (QED) is 0.620. The molecule has 0 aromatic heterocycles. The third kappa shape index (κ3) is 4.80.